The van der Waals surface area contributed by atoms with Crippen LogP contribution in [0.15, 0.2) is 35.9 Å². The Kier molecular flexibility index (Phi) is 15.7. The first-order chi connectivity index (χ1) is 26.6. The SMILES string of the molecule is C=C(C)[C@@H]1CCC(C)=C[C@H]1c1c(O[C@@H]2O[C@H](CO)[C@@H](O)[C@H](O)[C@H]2O)cc(CCCCC)cc1O[C@@H]1O[C@H](CO)[C@@H](O)[C@H](O[C@H]2O[C@H](CO)[C@@H](O)[C@H](O)[C@H]2O)[C@H]1O. The van der Waals surface area contributed by atoms with Crippen LogP contribution in [0.1, 0.15) is 69.9 Å². The average molecular weight is 801 g/mol. The van der Waals surface area contributed by atoms with Crippen LogP contribution >= 0.6 is 0 Å². The molecule has 318 valence electrons. The highest BCUT2D eigenvalue weighted by atomic mass is 16.7. The van der Waals surface area contributed by atoms with Crippen molar-refractivity contribution >= 4 is 0 Å². The molecule has 1 aromatic rings. The highest BCUT2D eigenvalue weighted by Gasteiger charge is 2.52. The molecule has 56 heavy (non-hydrogen) atoms. The molecule has 17 heteroatoms. The summed E-state index contributed by atoms with van der Waals surface area (Å²) in [6.07, 6.45) is -18.0. The highest BCUT2D eigenvalue weighted by molar-refractivity contribution is 5.53. The minimum Gasteiger partial charge on any atom is -0.462 e. The van der Waals surface area contributed by atoms with Crippen LogP contribution in [-0.2, 0) is 25.4 Å². The number of unbranched alkanes of at least 4 members (excludes halogenated alkanes) is 2. The number of aliphatic hydroxyl groups is 11. The number of hydrogen-bond acceptors (Lipinski definition) is 17. The standard InChI is InChI=1S/C39H60O17/c1-5-6-7-8-19-12-22(51-37-33(48)31(46)28(43)24(14-40)53-37)27(21-11-18(4)9-10-20(21)17(2)3)23(13-19)52-39-35(50)36(30(45)26(16-42)55-39)56-38-34(49)32(47)29(44)25(15-41)54-38/h11-13,20-21,24-26,28-50H,2,5-10,14-16H2,1,3-4H3/t20-,21+,24+,25+,26+,28+,29+,30+,31-,32-,33+,34+,35+,36-,37+,38+,39+/m0/s1. The van der Waals surface area contributed by atoms with Crippen LogP contribution in [0.2, 0.25) is 0 Å². The number of allylic oxidation sites excluding steroid dienone is 3. The van der Waals surface area contributed by atoms with Gasteiger partial charge in [-0.2, -0.15) is 0 Å². The van der Waals surface area contributed by atoms with Crippen LogP contribution < -0.4 is 9.47 Å². The topological polar surface area (TPSA) is 278 Å². The van der Waals surface area contributed by atoms with Gasteiger partial charge in [0.1, 0.15) is 84.7 Å². The van der Waals surface area contributed by atoms with Crippen LogP contribution in [0.25, 0.3) is 0 Å². The summed E-state index contributed by atoms with van der Waals surface area (Å²) in [6, 6.07) is 3.51. The first-order valence-corrected chi connectivity index (χ1v) is 19.4. The van der Waals surface area contributed by atoms with Crippen molar-refractivity contribution in [2.24, 2.45) is 5.92 Å². The molecule has 11 N–H and O–H groups in total. The number of aryl methyl sites for hydroxylation is 1. The molecule has 0 aromatic heterocycles. The third-order valence-electron chi connectivity index (χ3n) is 11.2. The predicted molar refractivity (Wildman–Crippen MR) is 195 cm³/mol. The molecular weight excluding hydrogens is 740 g/mol. The van der Waals surface area contributed by atoms with Crippen LogP contribution in [0.5, 0.6) is 11.5 Å². The zero-order chi connectivity index (χ0) is 41.0. The smallest absolute Gasteiger partial charge is 0.229 e. The van der Waals surface area contributed by atoms with Crippen molar-refractivity contribution in [3.63, 3.8) is 0 Å². The lowest BCUT2D eigenvalue weighted by atomic mass is 9.73. The van der Waals surface area contributed by atoms with Gasteiger partial charge in [-0.15, -0.1) is 0 Å². The lowest BCUT2D eigenvalue weighted by Crippen LogP contribution is -2.65. The van der Waals surface area contributed by atoms with Crippen LogP contribution in [0.4, 0.5) is 0 Å². The zero-order valence-electron chi connectivity index (χ0n) is 32.0. The first-order valence-electron chi connectivity index (χ1n) is 19.4. The molecule has 3 saturated heterocycles. The highest BCUT2D eigenvalue weighted by Crippen LogP contribution is 2.49. The first kappa shape index (κ1) is 44.8. The molecular formula is C39H60O17. The second-order valence-electron chi connectivity index (χ2n) is 15.4. The second kappa shape index (κ2) is 19.6. The van der Waals surface area contributed by atoms with E-state index >= 15 is 0 Å². The Hall–Kier alpha value is -2.30. The lowest BCUT2D eigenvalue weighted by molar-refractivity contribution is -0.352. The summed E-state index contributed by atoms with van der Waals surface area (Å²) in [4.78, 5) is 0. The normalized spacial score (nSPS) is 40.5. The van der Waals surface area contributed by atoms with Gasteiger partial charge in [0, 0.05) is 11.5 Å². The molecule has 3 aliphatic heterocycles. The van der Waals surface area contributed by atoms with E-state index in [4.69, 9.17) is 28.4 Å². The molecule has 0 spiro atoms. The van der Waals surface area contributed by atoms with Crippen molar-refractivity contribution in [2.75, 3.05) is 19.8 Å². The van der Waals surface area contributed by atoms with Crippen molar-refractivity contribution in [3.05, 3.63) is 47.1 Å². The third kappa shape index (κ3) is 9.59. The molecule has 0 unspecified atom stereocenters. The zero-order valence-corrected chi connectivity index (χ0v) is 32.0. The van der Waals surface area contributed by atoms with Gasteiger partial charge in [-0.3, -0.25) is 0 Å². The van der Waals surface area contributed by atoms with Gasteiger partial charge in [-0.1, -0.05) is 43.6 Å². The van der Waals surface area contributed by atoms with E-state index in [0.717, 1.165) is 36.8 Å². The largest absolute Gasteiger partial charge is 0.462 e. The summed E-state index contributed by atoms with van der Waals surface area (Å²) in [5.41, 5.74) is 3.02. The molecule has 0 saturated carbocycles. The Morgan fingerprint density at radius 3 is 1.71 bits per heavy atom. The van der Waals surface area contributed by atoms with Gasteiger partial charge in [-0.25, -0.2) is 0 Å². The maximum Gasteiger partial charge on any atom is 0.229 e. The van der Waals surface area contributed by atoms with E-state index in [2.05, 4.69) is 13.5 Å². The van der Waals surface area contributed by atoms with E-state index in [-0.39, 0.29) is 17.4 Å². The fourth-order valence-electron chi connectivity index (χ4n) is 7.87. The van der Waals surface area contributed by atoms with Crippen molar-refractivity contribution < 1.29 is 84.6 Å². The van der Waals surface area contributed by atoms with E-state index in [1.165, 1.54) is 0 Å². The molecule has 17 atom stereocenters. The van der Waals surface area contributed by atoms with Gasteiger partial charge >= 0.3 is 0 Å². The van der Waals surface area contributed by atoms with Gasteiger partial charge in [-0.05, 0) is 63.1 Å². The van der Waals surface area contributed by atoms with Crippen LogP contribution in [0, 0.1) is 5.92 Å². The molecule has 0 amide bonds. The molecule has 3 heterocycles. The molecule has 0 bridgehead atoms. The Morgan fingerprint density at radius 2 is 1.20 bits per heavy atom. The molecule has 1 aromatic carbocycles. The quantitative estimate of drug-likeness (QED) is 0.0720. The predicted octanol–water partition coefficient (Wildman–Crippen LogP) is -1.38. The van der Waals surface area contributed by atoms with Crippen molar-refractivity contribution in [3.8, 4) is 11.5 Å². The molecule has 4 aliphatic rings. The summed E-state index contributed by atoms with van der Waals surface area (Å²) in [5, 5.41) is 116. The Labute approximate surface area is 325 Å². The monoisotopic (exact) mass is 800 g/mol. The fraction of sp³-hybridized carbons (Fsp3) is 0.744. The third-order valence-corrected chi connectivity index (χ3v) is 11.2. The van der Waals surface area contributed by atoms with E-state index in [1.54, 1.807) is 12.1 Å². The molecule has 1 aliphatic carbocycles. The number of aliphatic hydroxyl groups excluding tert-OH is 11. The van der Waals surface area contributed by atoms with Gasteiger partial charge in [0.15, 0.2) is 6.29 Å². The van der Waals surface area contributed by atoms with Gasteiger partial charge in [0.2, 0.25) is 12.6 Å². The average Bonchev–Trinajstić information content (AvgIpc) is 3.17. The molecule has 5 rings (SSSR count). The maximum atomic E-state index is 11.7. The van der Waals surface area contributed by atoms with Crippen molar-refractivity contribution in [1.82, 2.24) is 0 Å². The number of benzene rings is 1. The Morgan fingerprint density at radius 1 is 0.696 bits per heavy atom. The second-order valence-corrected chi connectivity index (χ2v) is 15.4. The number of hydrogen-bond donors (Lipinski definition) is 11. The molecule has 3 fully saturated rings. The maximum absolute atomic E-state index is 11.7. The van der Waals surface area contributed by atoms with E-state index in [0.29, 0.717) is 24.0 Å². The number of ether oxygens (including phenoxy) is 6. The molecule has 17 nitrogen and oxygen atoms in total. The lowest BCUT2D eigenvalue weighted by Gasteiger charge is -2.46. The van der Waals surface area contributed by atoms with E-state index in [1.807, 2.05) is 19.9 Å². The van der Waals surface area contributed by atoms with Gasteiger partial charge in [0.05, 0.1) is 19.8 Å². The Balaban J connectivity index is 1.59. The van der Waals surface area contributed by atoms with Crippen molar-refractivity contribution in [1.29, 1.82) is 0 Å². The summed E-state index contributed by atoms with van der Waals surface area (Å²) < 4.78 is 35.9. The summed E-state index contributed by atoms with van der Waals surface area (Å²) in [6.45, 7) is 7.97. The van der Waals surface area contributed by atoms with Gasteiger partial charge in [0.25, 0.3) is 0 Å². The van der Waals surface area contributed by atoms with Crippen LogP contribution in [0.3, 0.4) is 0 Å². The summed E-state index contributed by atoms with van der Waals surface area (Å²) in [7, 11) is 0. The minimum absolute atomic E-state index is 0.143. The molecule has 0 radical (unpaired) electrons. The van der Waals surface area contributed by atoms with Crippen molar-refractivity contribution in [2.45, 2.75) is 157 Å². The van der Waals surface area contributed by atoms with Crippen LogP contribution in [-0.4, -0.2) is 168 Å². The Bertz CT molecular complexity index is 1470. The fourth-order valence-corrected chi connectivity index (χ4v) is 7.87. The minimum atomic E-state index is -1.86. The summed E-state index contributed by atoms with van der Waals surface area (Å²) >= 11 is 0. The van der Waals surface area contributed by atoms with E-state index in [9.17, 15) is 56.2 Å². The van der Waals surface area contributed by atoms with Gasteiger partial charge < -0.3 is 84.6 Å². The summed E-state index contributed by atoms with van der Waals surface area (Å²) in [5.74, 6) is -0.319. The van der Waals surface area contributed by atoms with E-state index < -0.39 is 118 Å². The number of rotatable bonds is 15.